The number of rotatable bonds is 3. The quantitative estimate of drug-likeness (QED) is 0.818. The van der Waals surface area contributed by atoms with E-state index in [0.717, 1.165) is 36.0 Å². The standard InChI is InChI=1S/C20H28O3S/c1-13-11-14(2)19(15(3)12-13)24(22,23)20-17(9-10-18(20)21)16-7-5-4-6-8-16/h11-12,16-17,20H,4-10H2,1-3H3/t17-,20-/m1/s1. The van der Waals surface area contributed by atoms with Crippen LogP contribution in [0.2, 0.25) is 0 Å². The van der Waals surface area contributed by atoms with Gasteiger partial charge in [0.05, 0.1) is 4.90 Å². The van der Waals surface area contributed by atoms with E-state index in [1.807, 2.05) is 32.9 Å². The van der Waals surface area contributed by atoms with E-state index in [9.17, 15) is 13.2 Å². The lowest BCUT2D eigenvalue weighted by Gasteiger charge is -2.31. The van der Waals surface area contributed by atoms with Gasteiger partial charge in [-0.05, 0) is 50.2 Å². The highest BCUT2D eigenvalue weighted by Crippen LogP contribution is 2.43. The van der Waals surface area contributed by atoms with Crippen molar-refractivity contribution in [2.75, 3.05) is 0 Å². The van der Waals surface area contributed by atoms with Gasteiger partial charge in [0.1, 0.15) is 5.25 Å². The Hall–Kier alpha value is -1.16. The molecule has 2 saturated carbocycles. The summed E-state index contributed by atoms with van der Waals surface area (Å²) in [5.74, 6) is 0.351. The largest absolute Gasteiger partial charge is 0.298 e. The maximum absolute atomic E-state index is 13.4. The summed E-state index contributed by atoms with van der Waals surface area (Å²) >= 11 is 0. The van der Waals surface area contributed by atoms with Crippen molar-refractivity contribution in [3.63, 3.8) is 0 Å². The van der Waals surface area contributed by atoms with Crippen LogP contribution >= 0.6 is 0 Å². The van der Waals surface area contributed by atoms with Crippen LogP contribution in [0, 0.1) is 32.6 Å². The van der Waals surface area contributed by atoms with Gasteiger partial charge in [-0.15, -0.1) is 0 Å². The summed E-state index contributed by atoms with van der Waals surface area (Å²) in [5.41, 5.74) is 2.61. The fourth-order valence-corrected chi connectivity index (χ4v) is 7.58. The van der Waals surface area contributed by atoms with Crippen molar-refractivity contribution < 1.29 is 13.2 Å². The monoisotopic (exact) mass is 348 g/mol. The van der Waals surface area contributed by atoms with Gasteiger partial charge in [-0.3, -0.25) is 4.79 Å². The molecule has 2 aliphatic rings. The van der Waals surface area contributed by atoms with Gasteiger partial charge in [-0.2, -0.15) is 0 Å². The van der Waals surface area contributed by atoms with Crippen LogP contribution in [0.1, 0.15) is 61.6 Å². The van der Waals surface area contributed by atoms with E-state index in [0.29, 0.717) is 17.2 Å². The molecule has 0 saturated heterocycles. The van der Waals surface area contributed by atoms with Crippen LogP contribution in [-0.2, 0) is 14.6 Å². The molecule has 2 fully saturated rings. The summed E-state index contributed by atoms with van der Waals surface area (Å²) in [6, 6.07) is 3.82. The van der Waals surface area contributed by atoms with Gasteiger partial charge in [-0.25, -0.2) is 8.42 Å². The summed E-state index contributed by atoms with van der Waals surface area (Å²) in [6.07, 6.45) is 6.91. The van der Waals surface area contributed by atoms with Crippen LogP contribution in [0.5, 0.6) is 0 Å². The first-order valence-corrected chi connectivity index (χ1v) is 10.7. The van der Waals surface area contributed by atoms with Crippen LogP contribution in [-0.4, -0.2) is 19.5 Å². The SMILES string of the molecule is Cc1cc(C)c(S(=O)(=O)[C@H]2C(=O)CC[C@@H]2C2CCCCC2)c(C)c1. The topological polar surface area (TPSA) is 51.2 Å². The third-order valence-corrected chi connectivity index (χ3v) is 8.40. The Balaban J connectivity index is 2.02. The van der Waals surface area contributed by atoms with E-state index in [1.165, 1.54) is 19.3 Å². The summed E-state index contributed by atoms with van der Waals surface area (Å²) < 4.78 is 26.9. The fraction of sp³-hybridized carbons (Fsp3) is 0.650. The molecule has 0 bridgehead atoms. The number of carbonyl (C=O) groups is 1. The van der Waals surface area contributed by atoms with Gasteiger partial charge in [0.2, 0.25) is 0 Å². The molecule has 2 atom stereocenters. The average Bonchev–Trinajstić information content (AvgIpc) is 2.89. The Morgan fingerprint density at radius 1 is 0.917 bits per heavy atom. The molecule has 0 spiro atoms. The molecule has 1 aromatic carbocycles. The summed E-state index contributed by atoms with van der Waals surface area (Å²) in [5, 5.41) is -0.819. The molecule has 0 aromatic heterocycles. The molecule has 0 unspecified atom stereocenters. The Bertz CT molecular complexity index is 719. The predicted octanol–water partition coefficient (Wildman–Crippen LogP) is 4.31. The average molecular weight is 349 g/mol. The Kier molecular flexibility index (Phi) is 4.87. The lowest BCUT2D eigenvalue weighted by molar-refractivity contribution is -0.117. The highest BCUT2D eigenvalue weighted by atomic mass is 32.2. The first-order valence-electron chi connectivity index (χ1n) is 9.17. The van der Waals surface area contributed by atoms with Crippen LogP contribution in [0.15, 0.2) is 17.0 Å². The summed E-state index contributed by atoms with van der Waals surface area (Å²) in [6.45, 7) is 5.67. The van der Waals surface area contributed by atoms with Crippen LogP contribution < -0.4 is 0 Å². The Morgan fingerprint density at radius 3 is 2.08 bits per heavy atom. The minimum atomic E-state index is -3.61. The molecule has 3 rings (SSSR count). The molecule has 0 amide bonds. The molecule has 4 heteroatoms. The van der Waals surface area contributed by atoms with Crippen LogP contribution in [0.25, 0.3) is 0 Å². The fourth-order valence-electron chi connectivity index (χ4n) is 5.03. The van der Waals surface area contributed by atoms with E-state index in [1.54, 1.807) is 0 Å². The van der Waals surface area contributed by atoms with E-state index < -0.39 is 15.1 Å². The maximum atomic E-state index is 13.4. The molecule has 3 nitrogen and oxygen atoms in total. The van der Waals surface area contributed by atoms with Crippen molar-refractivity contribution in [2.45, 2.75) is 75.9 Å². The minimum Gasteiger partial charge on any atom is -0.298 e. The predicted molar refractivity (Wildman–Crippen MR) is 95.9 cm³/mol. The highest BCUT2D eigenvalue weighted by molar-refractivity contribution is 7.93. The summed E-state index contributed by atoms with van der Waals surface area (Å²) in [7, 11) is -3.61. The number of hydrogen-bond acceptors (Lipinski definition) is 3. The number of ketones is 1. The molecule has 0 aliphatic heterocycles. The third kappa shape index (κ3) is 3.05. The Labute approximate surface area is 145 Å². The molecule has 0 heterocycles. The number of carbonyl (C=O) groups excluding carboxylic acids is 1. The van der Waals surface area contributed by atoms with E-state index in [2.05, 4.69) is 0 Å². The second kappa shape index (κ2) is 6.62. The van der Waals surface area contributed by atoms with Gasteiger partial charge in [0, 0.05) is 6.42 Å². The maximum Gasteiger partial charge on any atom is 0.189 e. The molecule has 24 heavy (non-hydrogen) atoms. The smallest absolute Gasteiger partial charge is 0.189 e. The molecule has 1 aromatic rings. The van der Waals surface area contributed by atoms with Crippen molar-refractivity contribution in [3.8, 4) is 0 Å². The van der Waals surface area contributed by atoms with Gasteiger partial charge < -0.3 is 0 Å². The first kappa shape index (κ1) is 17.7. The van der Waals surface area contributed by atoms with Gasteiger partial charge in [-0.1, -0.05) is 49.8 Å². The summed E-state index contributed by atoms with van der Waals surface area (Å²) in [4.78, 5) is 13.0. The number of Topliss-reactive ketones (excluding diaryl/α,β-unsaturated/α-hetero) is 1. The molecule has 2 aliphatic carbocycles. The first-order chi connectivity index (χ1) is 11.3. The zero-order valence-corrected chi connectivity index (χ0v) is 15.8. The van der Waals surface area contributed by atoms with Crippen molar-refractivity contribution in [2.24, 2.45) is 11.8 Å². The lowest BCUT2D eigenvalue weighted by atomic mass is 9.79. The van der Waals surface area contributed by atoms with Crippen molar-refractivity contribution >= 4 is 15.6 Å². The van der Waals surface area contributed by atoms with Crippen LogP contribution in [0.3, 0.4) is 0 Å². The number of hydrogen-bond donors (Lipinski definition) is 0. The zero-order valence-electron chi connectivity index (χ0n) is 15.0. The lowest BCUT2D eigenvalue weighted by Crippen LogP contribution is -2.36. The molecular formula is C20H28O3S. The minimum absolute atomic E-state index is 0.0166. The second-order valence-corrected chi connectivity index (χ2v) is 9.77. The number of aryl methyl sites for hydroxylation is 3. The van der Waals surface area contributed by atoms with Gasteiger partial charge >= 0.3 is 0 Å². The van der Waals surface area contributed by atoms with Gasteiger partial charge in [0.15, 0.2) is 15.6 Å². The molecule has 0 N–H and O–H groups in total. The number of sulfone groups is 1. The normalized spacial score (nSPS) is 26.0. The molecule has 132 valence electrons. The third-order valence-electron chi connectivity index (χ3n) is 5.91. The van der Waals surface area contributed by atoms with Gasteiger partial charge in [0.25, 0.3) is 0 Å². The van der Waals surface area contributed by atoms with Crippen LogP contribution in [0.4, 0.5) is 0 Å². The Morgan fingerprint density at radius 2 is 1.50 bits per heavy atom. The van der Waals surface area contributed by atoms with Crippen molar-refractivity contribution in [1.29, 1.82) is 0 Å². The van der Waals surface area contributed by atoms with Crippen molar-refractivity contribution in [3.05, 3.63) is 28.8 Å². The second-order valence-electron chi connectivity index (χ2n) is 7.76. The molecule has 0 radical (unpaired) electrons. The zero-order chi connectivity index (χ0) is 17.5. The van der Waals surface area contributed by atoms with E-state index >= 15 is 0 Å². The van der Waals surface area contributed by atoms with Crippen molar-refractivity contribution in [1.82, 2.24) is 0 Å². The molecular weight excluding hydrogens is 320 g/mol. The number of benzene rings is 1. The highest BCUT2D eigenvalue weighted by Gasteiger charge is 2.48. The van der Waals surface area contributed by atoms with E-state index in [4.69, 9.17) is 0 Å². The van der Waals surface area contributed by atoms with E-state index in [-0.39, 0.29) is 11.7 Å².